The summed E-state index contributed by atoms with van der Waals surface area (Å²) in [6.07, 6.45) is 2.73. The maximum atomic E-state index is 12.4. The van der Waals surface area contributed by atoms with Gasteiger partial charge in [0.25, 0.3) is 5.69 Å². The van der Waals surface area contributed by atoms with E-state index in [0.29, 0.717) is 11.1 Å². The highest BCUT2D eigenvalue weighted by Crippen LogP contribution is 2.34. The van der Waals surface area contributed by atoms with E-state index < -0.39 is 16.4 Å². The molecule has 0 bridgehead atoms. The summed E-state index contributed by atoms with van der Waals surface area (Å²) < 4.78 is 4.89. The Kier molecular flexibility index (Phi) is 5.50. The Balaban J connectivity index is 1.82. The minimum atomic E-state index is -0.799. The van der Waals surface area contributed by atoms with Crippen molar-refractivity contribution in [1.82, 2.24) is 0 Å². The van der Waals surface area contributed by atoms with Gasteiger partial charge >= 0.3 is 0 Å². The van der Waals surface area contributed by atoms with Gasteiger partial charge in [0.05, 0.1) is 12.0 Å². The van der Waals surface area contributed by atoms with Gasteiger partial charge in [0.2, 0.25) is 0 Å². The number of carbonyl (C=O) groups excluding carboxylic acids is 1. The van der Waals surface area contributed by atoms with E-state index in [4.69, 9.17) is 4.74 Å². The second-order valence-electron chi connectivity index (χ2n) is 5.97. The molecule has 0 spiro atoms. The predicted octanol–water partition coefficient (Wildman–Crippen LogP) is 4.24. The normalized spacial score (nSPS) is 10.8. The highest BCUT2D eigenvalue weighted by atomic mass is 16.6. The number of hydrogen-bond acceptors (Lipinski definition) is 5. The van der Waals surface area contributed by atoms with Gasteiger partial charge in [-0.25, -0.2) is 0 Å². The van der Waals surface area contributed by atoms with Crippen LogP contribution in [0.1, 0.15) is 15.9 Å². The first kappa shape index (κ1) is 18.8. The van der Waals surface area contributed by atoms with E-state index in [2.05, 4.69) is 0 Å². The molecule has 0 amide bonds. The maximum absolute atomic E-state index is 12.4. The molecule has 0 saturated carbocycles. The van der Waals surface area contributed by atoms with Crippen LogP contribution in [0.4, 0.5) is 5.69 Å². The molecule has 0 N–H and O–H groups in total. The van der Waals surface area contributed by atoms with Crippen LogP contribution in [0, 0.1) is 10.1 Å². The smallest absolute Gasteiger partial charge is 0.266 e. The van der Waals surface area contributed by atoms with Crippen molar-refractivity contribution in [3.05, 3.63) is 94.0 Å². The van der Waals surface area contributed by atoms with E-state index in [-0.39, 0.29) is 11.5 Å². The molecule has 0 fully saturated rings. The summed E-state index contributed by atoms with van der Waals surface area (Å²) in [5.74, 6) is -1.20. The first-order valence-corrected chi connectivity index (χ1v) is 8.41. The van der Waals surface area contributed by atoms with Crippen LogP contribution in [0.25, 0.3) is 17.2 Å². The number of ether oxygens (including phenoxy) is 1. The SMILES string of the molecule is COc1cc(/C=C/C(=O)c2ccc(-c3ccccc3)cc2)cc([N+](=O)[O-])c1[O-]. The second-order valence-corrected chi connectivity index (χ2v) is 5.97. The number of benzene rings is 3. The molecule has 0 saturated heterocycles. The van der Waals surface area contributed by atoms with E-state index in [0.717, 1.165) is 17.2 Å². The van der Waals surface area contributed by atoms with Crippen LogP contribution in [0.3, 0.4) is 0 Å². The van der Waals surface area contributed by atoms with E-state index in [1.807, 2.05) is 42.5 Å². The number of nitro benzene ring substituents is 1. The Morgan fingerprint density at radius 1 is 1.00 bits per heavy atom. The number of methoxy groups -OCH3 is 1. The second kappa shape index (κ2) is 8.18. The molecule has 6 heteroatoms. The van der Waals surface area contributed by atoms with Gasteiger partial charge in [-0.05, 0) is 28.8 Å². The molecule has 0 radical (unpaired) electrons. The zero-order valence-corrected chi connectivity index (χ0v) is 15.0. The van der Waals surface area contributed by atoms with Crippen LogP contribution < -0.4 is 9.84 Å². The van der Waals surface area contributed by atoms with Crippen molar-refractivity contribution in [3.63, 3.8) is 0 Å². The average molecular weight is 374 g/mol. The molecule has 0 unspecified atom stereocenters. The van der Waals surface area contributed by atoms with Gasteiger partial charge in [0.15, 0.2) is 5.78 Å². The van der Waals surface area contributed by atoms with Gasteiger partial charge < -0.3 is 9.84 Å². The molecule has 0 aliphatic carbocycles. The number of nitrogens with zero attached hydrogens (tertiary/aromatic N) is 1. The van der Waals surface area contributed by atoms with Crippen LogP contribution in [-0.4, -0.2) is 17.8 Å². The molecule has 0 atom stereocenters. The van der Waals surface area contributed by atoms with E-state index in [9.17, 15) is 20.0 Å². The molecule has 6 nitrogen and oxygen atoms in total. The Labute approximate surface area is 161 Å². The maximum Gasteiger partial charge on any atom is 0.266 e. The summed E-state index contributed by atoms with van der Waals surface area (Å²) in [6.45, 7) is 0. The first-order chi connectivity index (χ1) is 13.5. The third-order valence-corrected chi connectivity index (χ3v) is 4.18. The van der Waals surface area contributed by atoms with Crippen molar-refractivity contribution in [2.75, 3.05) is 7.11 Å². The molecule has 28 heavy (non-hydrogen) atoms. The molecule has 3 rings (SSSR count). The summed E-state index contributed by atoms with van der Waals surface area (Å²) in [5, 5.41) is 22.9. The lowest BCUT2D eigenvalue weighted by Crippen LogP contribution is -2.01. The van der Waals surface area contributed by atoms with Crippen LogP contribution in [0.2, 0.25) is 0 Å². The van der Waals surface area contributed by atoms with Crippen molar-refractivity contribution in [2.24, 2.45) is 0 Å². The van der Waals surface area contributed by atoms with E-state index in [1.165, 1.54) is 25.3 Å². The Morgan fingerprint density at radius 3 is 2.25 bits per heavy atom. The van der Waals surface area contributed by atoms with Gasteiger partial charge in [-0.2, -0.15) is 0 Å². The monoisotopic (exact) mass is 374 g/mol. The van der Waals surface area contributed by atoms with Gasteiger partial charge in [-0.1, -0.05) is 60.7 Å². The zero-order valence-electron chi connectivity index (χ0n) is 15.0. The minimum absolute atomic E-state index is 0.145. The first-order valence-electron chi connectivity index (χ1n) is 8.41. The van der Waals surface area contributed by atoms with Gasteiger partial charge in [0, 0.05) is 17.4 Å². The summed E-state index contributed by atoms with van der Waals surface area (Å²) in [4.78, 5) is 22.6. The molecule has 0 aliphatic rings. The molecular weight excluding hydrogens is 358 g/mol. The third kappa shape index (κ3) is 4.07. The lowest BCUT2D eigenvalue weighted by molar-refractivity contribution is -0.398. The number of nitro groups is 1. The zero-order chi connectivity index (χ0) is 20.1. The van der Waals surface area contributed by atoms with Crippen LogP contribution >= 0.6 is 0 Å². The largest absolute Gasteiger partial charge is 0.865 e. The van der Waals surface area contributed by atoms with Gasteiger partial charge in [-0.3, -0.25) is 14.9 Å². The van der Waals surface area contributed by atoms with Crippen molar-refractivity contribution >= 4 is 17.5 Å². The van der Waals surface area contributed by atoms with E-state index >= 15 is 0 Å². The van der Waals surface area contributed by atoms with Gasteiger partial charge in [0.1, 0.15) is 5.75 Å². The van der Waals surface area contributed by atoms with E-state index in [1.54, 1.807) is 12.1 Å². The quantitative estimate of drug-likeness (QED) is 0.278. The van der Waals surface area contributed by atoms with Crippen LogP contribution in [0.5, 0.6) is 11.5 Å². The summed E-state index contributed by atoms with van der Waals surface area (Å²) >= 11 is 0. The number of allylic oxidation sites excluding steroid dienone is 1. The topological polar surface area (TPSA) is 92.5 Å². The van der Waals surface area contributed by atoms with Crippen molar-refractivity contribution in [3.8, 4) is 22.6 Å². The molecule has 0 aromatic heterocycles. The van der Waals surface area contributed by atoms with Crippen LogP contribution in [0.15, 0.2) is 72.8 Å². The highest BCUT2D eigenvalue weighted by Gasteiger charge is 2.12. The molecule has 0 aliphatic heterocycles. The fraction of sp³-hybridized carbons (Fsp3) is 0.0455. The van der Waals surface area contributed by atoms with Crippen molar-refractivity contribution in [2.45, 2.75) is 0 Å². The van der Waals surface area contributed by atoms with Crippen LogP contribution in [-0.2, 0) is 0 Å². The molecule has 3 aromatic carbocycles. The fourth-order valence-corrected chi connectivity index (χ4v) is 2.72. The average Bonchev–Trinajstić information content (AvgIpc) is 2.73. The number of rotatable bonds is 6. The van der Waals surface area contributed by atoms with Gasteiger partial charge in [-0.15, -0.1) is 0 Å². The fourth-order valence-electron chi connectivity index (χ4n) is 2.72. The summed E-state index contributed by atoms with van der Waals surface area (Å²) in [6, 6.07) is 19.4. The van der Waals surface area contributed by atoms with Crippen molar-refractivity contribution < 1.29 is 19.6 Å². The minimum Gasteiger partial charge on any atom is -0.865 e. The Hall–Kier alpha value is -3.93. The summed E-state index contributed by atoms with van der Waals surface area (Å²) in [5.41, 5.74) is 2.26. The number of ketones is 1. The molecule has 0 heterocycles. The van der Waals surface area contributed by atoms with Crippen molar-refractivity contribution in [1.29, 1.82) is 0 Å². The lowest BCUT2D eigenvalue weighted by atomic mass is 10.0. The standard InChI is InChI=1S/C22H17NO5/c1-28-21-14-15(13-19(22(21)25)23(26)27)7-12-20(24)18-10-8-17(9-11-18)16-5-3-2-4-6-16/h2-14,25H,1H3/p-1/b12-7+. The number of carbonyl (C=O) groups is 1. The molecule has 140 valence electrons. The molecule has 3 aromatic rings. The molecular formula is C22H16NO5-. The highest BCUT2D eigenvalue weighted by molar-refractivity contribution is 6.07. The lowest BCUT2D eigenvalue weighted by Gasteiger charge is -2.13. The summed E-state index contributed by atoms with van der Waals surface area (Å²) in [7, 11) is 1.26. The Morgan fingerprint density at radius 2 is 1.64 bits per heavy atom. The third-order valence-electron chi connectivity index (χ3n) is 4.18. The Bertz CT molecular complexity index is 1040. The predicted molar refractivity (Wildman–Crippen MR) is 104 cm³/mol. The number of hydrogen-bond donors (Lipinski definition) is 0.